The van der Waals surface area contributed by atoms with Gasteiger partial charge >= 0.3 is 5.97 Å². The second-order valence-corrected chi connectivity index (χ2v) is 3.49. The number of terminal acetylenes is 1. The highest BCUT2D eigenvalue weighted by atomic mass is 16.4. The molecule has 1 atom stereocenters. The fourth-order valence-corrected chi connectivity index (χ4v) is 1.56. The summed E-state index contributed by atoms with van der Waals surface area (Å²) < 4.78 is 0. The lowest BCUT2D eigenvalue weighted by Crippen LogP contribution is -2.52. The molecule has 1 N–H and O–H groups in total. The number of carboxylic acids is 1. The second-order valence-electron chi connectivity index (χ2n) is 3.49. The van der Waals surface area contributed by atoms with E-state index in [1.807, 2.05) is 4.90 Å². The van der Waals surface area contributed by atoms with Crippen molar-refractivity contribution in [2.45, 2.75) is 13.0 Å². The SMILES string of the molecule is C#CC(=O)N1CCN(C(C)C(=O)O)CC1. The minimum absolute atomic E-state index is 0.322. The summed E-state index contributed by atoms with van der Waals surface area (Å²) in [4.78, 5) is 25.2. The zero-order valence-corrected chi connectivity index (χ0v) is 8.64. The van der Waals surface area contributed by atoms with Crippen LogP contribution in [0.2, 0.25) is 0 Å². The fourth-order valence-electron chi connectivity index (χ4n) is 1.56. The van der Waals surface area contributed by atoms with Crippen LogP contribution in [0.25, 0.3) is 0 Å². The number of carboxylic acid groups (broad SMARTS) is 1. The van der Waals surface area contributed by atoms with E-state index in [9.17, 15) is 9.59 Å². The Balaban J connectivity index is 2.46. The number of amides is 1. The van der Waals surface area contributed by atoms with E-state index >= 15 is 0 Å². The van der Waals surface area contributed by atoms with E-state index in [1.54, 1.807) is 11.8 Å². The van der Waals surface area contributed by atoms with Gasteiger partial charge in [0.1, 0.15) is 6.04 Å². The summed E-state index contributed by atoms with van der Waals surface area (Å²) in [5.74, 6) is 0.891. The molecule has 1 saturated heterocycles. The van der Waals surface area contributed by atoms with Crippen molar-refractivity contribution in [3.63, 3.8) is 0 Å². The lowest BCUT2D eigenvalue weighted by Gasteiger charge is -2.35. The van der Waals surface area contributed by atoms with Crippen LogP contribution in [0.5, 0.6) is 0 Å². The number of carbonyl (C=O) groups is 2. The Kier molecular flexibility index (Phi) is 3.69. The van der Waals surface area contributed by atoms with Crippen LogP contribution in [-0.2, 0) is 9.59 Å². The summed E-state index contributed by atoms with van der Waals surface area (Å²) in [6, 6.07) is -0.506. The number of rotatable bonds is 2. The minimum Gasteiger partial charge on any atom is -0.480 e. The summed E-state index contributed by atoms with van der Waals surface area (Å²) in [5, 5.41) is 8.80. The maximum Gasteiger partial charge on any atom is 0.320 e. The first kappa shape index (κ1) is 11.5. The van der Waals surface area contributed by atoms with Crippen LogP contribution in [0.3, 0.4) is 0 Å². The van der Waals surface area contributed by atoms with Gasteiger partial charge in [-0.2, -0.15) is 0 Å². The monoisotopic (exact) mass is 210 g/mol. The molecule has 1 rings (SSSR count). The van der Waals surface area contributed by atoms with Crippen molar-refractivity contribution in [1.29, 1.82) is 0 Å². The largest absolute Gasteiger partial charge is 0.480 e. The van der Waals surface area contributed by atoms with Crippen molar-refractivity contribution in [3.8, 4) is 12.3 Å². The maximum absolute atomic E-state index is 11.1. The predicted octanol–water partition coefficient (Wildman–Crippen LogP) is -0.763. The van der Waals surface area contributed by atoms with E-state index in [0.29, 0.717) is 26.2 Å². The molecule has 0 aromatic carbocycles. The first-order valence-corrected chi connectivity index (χ1v) is 4.78. The number of hydrogen-bond acceptors (Lipinski definition) is 3. The van der Waals surface area contributed by atoms with E-state index in [1.165, 1.54) is 0 Å². The highest BCUT2D eigenvalue weighted by Crippen LogP contribution is 2.06. The van der Waals surface area contributed by atoms with Gasteiger partial charge in [-0.3, -0.25) is 14.5 Å². The van der Waals surface area contributed by atoms with Crippen molar-refractivity contribution in [2.24, 2.45) is 0 Å². The average Bonchev–Trinajstić information content (AvgIpc) is 2.27. The van der Waals surface area contributed by atoms with E-state index in [4.69, 9.17) is 11.5 Å². The van der Waals surface area contributed by atoms with Crippen molar-refractivity contribution in [2.75, 3.05) is 26.2 Å². The lowest BCUT2D eigenvalue weighted by atomic mass is 10.2. The van der Waals surface area contributed by atoms with Crippen molar-refractivity contribution in [1.82, 2.24) is 9.80 Å². The zero-order valence-electron chi connectivity index (χ0n) is 8.64. The second kappa shape index (κ2) is 4.80. The summed E-state index contributed by atoms with van der Waals surface area (Å²) in [6.07, 6.45) is 5.00. The van der Waals surface area contributed by atoms with E-state index in [0.717, 1.165) is 0 Å². The van der Waals surface area contributed by atoms with Gasteiger partial charge in [0, 0.05) is 26.2 Å². The molecular weight excluding hydrogens is 196 g/mol. The summed E-state index contributed by atoms with van der Waals surface area (Å²) in [6.45, 7) is 3.75. The van der Waals surface area contributed by atoms with E-state index in [2.05, 4.69) is 5.92 Å². The summed E-state index contributed by atoms with van der Waals surface area (Å²) >= 11 is 0. The Morgan fingerprint density at radius 1 is 1.33 bits per heavy atom. The van der Waals surface area contributed by atoms with Gasteiger partial charge in [0.15, 0.2) is 0 Å². The molecule has 0 aromatic heterocycles. The smallest absolute Gasteiger partial charge is 0.320 e. The maximum atomic E-state index is 11.1. The normalized spacial score (nSPS) is 19.3. The molecule has 5 heteroatoms. The van der Waals surface area contributed by atoms with Gasteiger partial charge in [0.25, 0.3) is 5.91 Å². The summed E-state index contributed by atoms with van der Waals surface area (Å²) in [7, 11) is 0. The van der Waals surface area contributed by atoms with Crippen molar-refractivity contribution < 1.29 is 14.7 Å². The molecule has 15 heavy (non-hydrogen) atoms. The Morgan fingerprint density at radius 3 is 2.27 bits per heavy atom. The molecule has 0 aromatic rings. The van der Waals surface area contributed by atoms with Crippen LogP contribution in [0, 0.1) is 12.3 Å². The van der Waals surface area contributed by atoms with Crippen LogP contribution in [0.1, 0.15) is 6.92 Å². The van der Waals surface area contributed by atoms with Crippen LogP contribution < -0.4 is 0 Å². The van der Waals surface area contributed by atoms with Gasteiger partial charge in [0.2, 0.25) is 0 Å². The van der Waals surface area contributed by atoms with Crippen LogP contribution in [0.4, 0.5) is 0 Å². The summed E-state index contributed by atoms with van der Waals surface area (Å²) in [5.41, 5.74) is 0. The van der Waals surface area contributed by atoms with Crippen molar-refractivity contribution >= 4 is 11.9 Å². The molecular formula is C10H14N2O3. The molecule has 0 saturated carbocycles. The number of nitrogens with zero attached hydrogens (tertiary/aromatic N) is 2. The lowest BCUT2D eigenvalue weighted by molar-refractivity contribution is -0.143. The number of carbonyl (C=O) groups excluding carboxylic acids is 1. The molecule has 0 bridgehead atoms. The van der Waals surface area contributed by atoms with Gasteiger partial charge in [-0.05, 0) is 12.8 Å². The zero-order chi connectivity index (χ0) is 11.4. The van der Waals surface area contributed by atoms with Gasteiger partial charge < -0.3 is 10.0 Å². The third-order valence-corrected chi connectivity index (χ3v) is 2.63. The highest BCUT2D eigenvalue weighted by molar-refractivity contribution is 5.92. The van der Waals surface area contributed by atoms with Crippen LogP contribution >= 0.6 is 0 Å². The van der Waals surface area contributed by atoms with E-state index in [-0.39, 0.29) is 5.91 Å². The Hall–Kier alpha value is -1.54. The quantitative estimate of drug-likeness (QED) is 0.608. The molecule has 0 aliphatic carbocycles. The third-order valence-electron chi connectivity index (χ3n) is 2.63. The molecule has 1 amide bonds. The molecule has 82 valence electrons. The Morgan fingerprint density at radius 2 is 1.87 bits per heavy atom. The van der Waals surface area contributed by atoms with Gasteiger partial charge in [-0.15, -0.1) is 6.42 Å². The molecule has 0 spiro atoms. The van der Waals surface area contributed by atoms with E-state index < -0.39 is 12.0 Å². The minimum atomic E-state index is -0.841. The standard InChI is InChI=1S/C10H14N2O3/c1-3-9(13)12-6-4-11(5-7-12)8(2)10(14)15/h1,8H,4-7H2,2H3,(H,14,15). The Bertz CT molecular complexity index is 300. The molecule has 5 nitrogen and oxygen atoms in total. The topological polar surface area (TPSA) is 60.9 Å². The molecule has 1 unspecified atom stereocenters. The number of piperazine rings is 1. The Labute approximate surface area is 88.7 Å². The molecule has 1 aliphatic rings. The molecule has 1 fully saturated rings. The number of hydrogen-bond donors (Lipinski definition) is 1. The highest BCUT2D eigenvalue weighted by Gasteiger charge is 2.26. The van der Waals surface area contributed by atoms with Crippen LogP contribution in [0.15, 0.2) is 0 Å². The molecule has 1 heterocycles. The van der Waals surface area contributed by atoms with Crippen molar-refractivity contribution in [3.05, 3.63) is 0 Å². The van der Waals surface area contributed by atoms with Crippen LogP contribution in [-0.4, -0.2) is 59.0 Å². The molecule has 0 radical (unpaired) electrons. The predicted molar refractivity (Wildman–Crippen MR) is 54.1 cm³/mol. The number of aliphatic carboxylic acids is 1. The van der Waals surface area contributed by atoms with Gasteiger partial charge in [-0.1, -0.05) is 0 Å². The third kappa shape index (κ3) is 2.70. The van der Waals surface area contributed by atoms with Gasteiger partial charge in [-0.25, -0.2) is 0 Å². The molecule has 1 aliphatic heterocycles. The van der Waals surface area contributed by atoms with Gasteiger partial charge in [0.05, 0.1) is 0 Å². The average molecular weight is 210 g/mol. The fraction of sp³-hybridized carbons (Fsp3) is 0.600. The first-order chi connectivity index (χ1) is 7.06. The first-order valence-electron chi connectivity index (χ1n) is 4.78.